The summed E-state index contributed by atoms with van der Waals surface area (Å²) in [6.45, 7) is 8.22. The molecule has 4 rings (SSSR count). The maximum Gasteiger partial charge on any atom is 0.227 e. The van der Waals surface area contributed by atoms with E-state index in [2.05, 4.69) is 28.2 Å². The molecule has 7 heteroatoms. The maximum atomic E-state index is 12.7. The molecule has 1 fully saturated rings. The molecular formula is C20H25N5OS. The Hall–Kier alpha value is -2.25. The Morgan fingerprint density at radius 2 is 1.89 bits per heavy atom. The number of carbonyl (C=O) groups is 1. The van der Waals surface area contributed by atoms with E-state index in [1.54, 1.807) is 11.3 Å². The predicted octanol–water partition coefficient (Wildman–Crippen LogP) is 2.53. The van der Waals surface area contributed by atoms with Crippen LogP contribution in [0.2, 0.25) is 0 Å². The van der Waals surface area contributed by atoms with E-state index in [-0.39, 0.29) is 5.91 Å². The Morgan fingerprint density at radius 1 is 1.15 bits per heavy atom. The van der Waals surface area contributed by atoms with Gasteiger partial charge in [-0.25, -0.2) is 4.98 Å². The molecule has 0 bridgehead atoms. The van der Waals surface area contributed by atoms with Crippen LogP contribution in [0.4, 0.5) is 0 Å². The Morgan fingerprint density at radius 3 is 2.56 bits per heavy atom. The maximum absolute atomic E-state index is 12.7. The zero-order valence-electron chi connectivity index (χ0n) is 16.1. The molecule has 3 heterocycles. The molecule has 1 aliphatic rings. The molecule has 2 aromatic heterocycles. The minimum Gasteiger partial charge on any atom is -0.340 e. The minimum absolute atomic E-state index is 0.203. The molecule has 1 saturated heterocycles. The number of amides is 1. The van der Waals surface area contributed by atoms with Crippen molar-refractivity contribution in [3.8, 4) is 0 Å². The topological polar surface area (TPSA) is 54.3 Å². The van der Waals surface area contributed by atoms with Crippen molar-refractivity contribution in [2.75, 3.05) is 26.2 Å². The molecule has 0 atom stereocenters. The van der Waals surface area contributed by atoms with E-state index in [9.17, 15) is 4.79 Å². The molecule has 1 aliphatic heterocycles. The van der Waals surface area contributed by atoms with Gasteiger partial charge in [0.15, 0.2) is 0 Å². The summed E-state index contributed by atoms with van der Waals surface area (Å²) >= 11 is 1.76. The highest BCUT2D eigenvalue weighted by Crippen LogP contribution is 2.23. The van der Waals surface area contributed by atoms with Crippen LogP contribution in [0, 0.1) is 13.8 Å². The van der Waals surface area contributed by atoms with Gasteiger partial charge in [-0.1, -0.05) is 12.1 Å². The number of carbonyl (C=O) groups excluding carboxylic acids is 1. The lowest BCUT2D eigenvalue weighted by molar-refractivity contribution is -0.132. The van der Waals surface area contributed by atoms with Crippen molar-refractivity contribution in [3.63, 3.8) is 0 Å². The third kappa shape index (κ3) is 3.75. The lowest BCUT2D eigenvalue weighted by Gasteiger charge is -2.34. The molecule has 27 heavy (non-hydrogen) atoms. The molecule has 0 spiro atoms. The van der Waals surface area contributed by atoms with Crippen LogP contribution in [-0.4, -0.2) is 56.7 Å². The zero-order chi connectivity index (χ0) is 19.0. The van der Waals surface area contributed by atoms with Crippen LogP contribution in [0.5, 0.6) is 0 Å². The molecule has 0 unspecified atom stereocenters. The summed E-state index contributed by atoms with van der Waals surface area (Å²) in [4.78, 5) is 21.8. The number of hydrogen-bond acceptors (Lipinski definition) is 5. The van der Waals surface area contributed by atoms with Crippen LogP contribution in [0.3, 0.4) is 0 Å². The average Bonchev–Trinajstić information content (AvgIpc) is 3.17. The van der Waals surface area contributed by atoms with Crippen LogP contribution in [-0.2, 0) is 24.8 Å². The predicted molar refractivity (Wildman–Crippen MR) is 108 cm³/mol. The van der Waals surface area contributed by atoms with Crippen LogP contribution in [0.15, 0.2) is 24.3 Å². The van der Waals surface area contributed by atoms with Gasteiger partial charge < -0.3 is 4.90 Å². The molecule has 0 radical (unpaired) electrons. The van der Waals surface area contributed by atoms with Gasteiger partial charge >= 0.3 is 0 Å². The quantitative estimate of drug-likeness (QED) is 0.695. The van der Waals surface area contributed by atoms with Gasteiger partial charge in [-0.15, -0.1) is 11.3 Å². The minimum atomic E-state index is 0.203. The number of hydrogen-bond donors (Lipinski definition) is 0. The van der Waals surface area contributed by atoms with E-state index in [4.69, 9.17) is 4.98 Å². The van der Waals surface area contributed by atoms with Gasteiger partial charge in [0.1, 0.15) is 5.01 Å². The number of benzene rings is 1. The molecule has 1 aromatic carbocycles. The fourth-order valence-corrected chi connectivity index (χ4v) is 4.68. The molecule has 6 nitrogen and oxygen atoms in total. The summed E-state index contributed by atoms with van der Waals surface area (Å²) in [5.41, 5.74) is 4.18. The monoisotopic (exact) mass is 383 g/mol. The fourth-order valence-electron chi connectivity index (χ4n) is 3.67. The van der Waals surface area contributed by atoms with Crippen molar-refractivity contribution in [2.24, 2.45) is 7.05 Å². The SMILES string of the molecule is Cc1nn(C)c(C)c1CC(=O)N1CCN(Cc2nc3ccccc3s2)CC1. The number of para-hydroxylation sites is 1. The number of fused-ring (bicyclic) bond motifs is 1. The molecule has 1 amide bonds. The van der Waals surface area contributed by atoms with Gasteiger partial charge in [0.05, 0.1) is 28.9 Å². The van der Waals surface area contributed by atoms with E-state index in [1.165, 1.54) is 4.70 Å². The third-order valence-corrected chi connectivity index (χ3v) is 6.43. The molecular weight excluding hydrogens is 358 g/mol. The highest BCUT2D eigenvalue weighted by Gasteiger charge is 2.23. The van der Waals surface area contributed by atoms with Crippen LogP contribution in [0.25, 0.3) is 10.2 Å². The van der Waals surface area contributed by atoms with Crippen molar-refractivity contribution in [2.45, 2.75) is 26.8 Å². The second-order valence-corrected chi connectivity index (χ2v) is 8.30. The van der Waals surface area contributed by atoms with Gasteiger partial charge in [-0.05, 0) is 26.0 Å². The van der Waals surface area contributed by atoms with Crippen molar-refractivity contribution >= 4 is 27.5 Å². The number of nitrogens with zero attached hydrogens (tertiary/aromatic N) is 5. The number of thiazole rings is 1. The van der Waals surface area contributed by atoms with Gasteiger partial charge in [-0.2, -0.15) is 5.10 Å². The van der Waals surface area contributed by atoms with Gasteiger partial charge in [-0.3, -0.25) is 14.4 Å². The van der Waals surface area contributed by atoms with Gasteiger partial charge in [0, 0.05) is 44.5 Å². The molecule has 0 saturated carbocycles. The summed E-state index contributed by atoms with van der Waals surface area (Å²) in [6, 6.07) is 8.27. The summed E-state index contributed by atoms with van der Waals surface area (Å²) in [6.07, 6.45) is 0.448. The Labute approximate surface area is 163 Å². The van der Waals surface area contributed by atoms with Gasteiger partial charge in [0.2, 0.25) is 5.91 Å². The summed E-state index contributed by atoms with van der Waals surface area (Å²) in [7, 11) is 1.93. The number of aryl methyl sites for hydroxylation is 2. The van der Waals surface area contributed by atoms with E-state index in [1.807, 2.05) is 36.5 Å². The van der Waals surface area contributed by atoms with Crippen molar-refractivity contribution in [1.29, 1.82) is 0 Å². The second kappa shape index (κ2) is 7.40. The van der Waals surface area contributed by atoms with E-state index >= 15 is 0 Å². The van der Waals surface area contributed by atoms with Crippen molar-refractivity contribution < 1.29 is 4.79 Å². The normalized spacial score (nSPS) is 15.6. The van der Waals surface area contributed by atoms with Crippen LogP contribution >= 0.6 is 11.3 Å². The first-order chi connectivity index (χ1) is 13.0. The Kier molecular flexibility index (Phi) is 4.97. The molecule has 3 aromatic rings. The fraction of sp³-hybridized carbons (Fsp3) is 0.450. The molecule has 142 valence electrons. The smallest absolute Gasteiger partial charge is 0.227 e. The highest BCUT2D eigenvalue weighted by atomic mass is 32.1. The Balaban J connectivity index is 1.33. The number of rotatable bonds is 4. The third-order valence-electron chi connectivity index (χ3n) is 5.41. The van der Waals surface area contributed by atoms with Crippen LogP contribution in [0.1, 0.15) is 22.0 Å². The summed E-state index contributed by atoms with van der Waals surface area (Å²) < 4.78 is 3.09. The van der Waals surface area contributed by atoms with E-state index in [0.717, 1.165) is 60.2 Å². The average molecular weight is 384 g/mol. The lowest BCUT2D eigenvalue weighted by atomic mass is 10.1. The zero-order valence-corrected chi connectivity index (χ0v) is 16.9. The molecule has 0 N–H and O–H groups in total. The van der Waals surface area contributed by atoms with Crippen molar-refractivity contribution in [3.05, 3.63) is 46.2 Å². The standard InChI is InChI=1S/C20H25N5OS/c1-14-16(15(2)23(3)22-14)12-20(26)25-10-8-24(9-11-25)13-19-21-17-6-4-5-7-18(17)27-19/h4-7H,8-13H2,1-3H3. The second-order valence-electron chi connectivity index (χ2n) is 7.18. The van der Waals surface area contributed by atoms with Gasteiger partial charge in [0.25, 0.3) is 0 Å². The van der Waals surface area contributed by atoms with Crippen molar-refractivity contribution in [1.82, 2.24) is 24.6 Å². The number of piperazine rings is 1. The number of aromatic nitrogens is 3. The first-order valence-electron chi connectivity index (χ1n) is 9.35. The summed E-state index contributed by atoms with van der Waals surface area (Å²) in [5, 5.41) is 5.57. The first-order valence-corrected chi connectivity index (χ1v) is 10.2. The largest absolute Gasteiger partial charge is 0.340 e. The van der Waals surface area contributed by atoms with E-state index in [0.29, 0.717) is 6.42 Å². The Bertz CT molecular complexity index is 935. The summed E-state index contributed by atoms with van der Waals surface area (Å²) in [5.74, 6) is 0.203. The first kappa shape index (κ1) is 18.1. The lowest BCUT2D eigenvalue weighted by Crippen LogP contribution is -2.48. The molecule has 0 aliphatic carbocycles. The highest BCUT2D eigenvalue weighted by molar-refractivity contribution is 7.18. The van der Waals surface area contributed by atoms with Crippen LogP contribution < -0.4 is 0 Å². The van der Waals surface area contributed by atoms with E-state index < -0.39 is 0 Å².